The normalized spacial score (nSPS) is 12.4. The van der Waals surface area contributed by atoms with Crippen molar-refractivity contribution in [2.24, 2.45) is 0 Å². The van der Waals surface area contributed by atoms with E-state index in [1.54, 1.807) is 0 Å². The summed E-state index contributed by atoms with van der Waals surface area (Å²) < 4.78 is 4.65. The Hall–Kier alpha value is -1.79. The Morgan fingerprint density at radius 3 is 2.20 bits per heavy atom. The van der Waals surface area contributed by atoms with Gasteiger partial charge in [0, 0.05) is 18.5 Å². The molecule has 15 heavy (non-hydrogen) atoms. The molecule has 0 saturated heterocycles. The Morgan fingerprint density at radius 1 is 1.40 bits per heavy atom. The molecule has 1 aromatic carbocycles. The molecule has 0 spiro atoms. The lowest BCUT2D eigenvalue weighted by atomic mass is 10.1. The van der Waals surface area contributed by atoms with Crippen LogP contribution in [0.25, 0.3) is 0 Å². The second-order valence-corrected chi connectivity index (χ2v) is 2.96. The minimum Gasteiger partial charge on any atom is -0.478 e. The van der Waals surface area contributed by atoms with Crippen molar-refractivity contribution in [2.45, 2.75) is 6.29 Å². The zero-order valence-electron chi connectivity index (χ0n) is 8.10. The number of hydrogen-bond donors (Lipinski definition) is 4. The van der Waals surface area contributed by atoms with E-state index >= 15 is 0 Å². The Kier molecular flexibility index (Phi) is 3.13. The van der Waals surface area contributed by atoms with E-state index < -0.39 is 12.3 Å². The fourth-order valence-electron chi connectivity index (χ4n) is 1.23. The quantitative estimate of drug-likeness (QED) is 0.419. The van der Waals surface area contributed by atoms with Crippen LogP contribution in [-0.4, -0.2) is 23.3 Å². The third-order valence-corrected chi connectivity index (χ3v) is 1.96. The van der Waals surface area contributed by atoms with Gasteiger partial charge in [0.2, 0.25) is 0 Å². The van der Waals surface area contributed by atoms with Gasteiger partial charge in [0.1, 0.15) is 0 Å². The van der Waals surface area contributed by atoms with Gasteiger partial charge in [0.05, 0.1) is 11.1 Å². The van der Waals surface area contributed by atoms with Crippen molar-refractivity contribution in [3.05, 3.63) is 23.3 Å². The van der Waals surface area contributed by atoms with Gasteiger partial charge >= 0.3 is 5.97 Å². The molecule has 6 heteroatoms. The molecule has 0 radical (unpaired) electrons. The largest absolute Gasteiger partial charge is 0.478 e. The third-order valence-electron chi connectivity index (χ3n) is 1.96. The first-order valence-corrected chi connectivity index (χ1v) is 4.10. The van der Waals surface area contributed by atoms with Gasteiger partial charge in [-0.3, -0.25) is 0 Å². The first-order chi connectivity index (χ1) is 6.97. The van der Waals surface area contributed by atoms with Crippen LogP contribution in [0.4, 0.5) is 11.4 Å². The predicted octanol–water partition coefficient (Wildman–Crippen LogP) is 0.187. The van der Waals surface area contributed by atoms with E-state index in [1.165, 1.54) is 19.2 Å². The SMILES string of the molecule is COC(O)c1c(N)cc(C(=O)O)cc1N. The highest BCUT2D eigenvalue weighted by molar-refractivity contribution is 5.91. The number of anilines is 2. The molecular formula is C9H12N2O4. The third kappa shape index (κ3) is 2.17. The Morgan fingerprint density at radius 2 is 1.87 bits per heavy atom. The van der Waals surface area contributed by atoms with Gasteiger partial charge in [0.25, 0.3) is 0 Å². The summed E-state index contributed by atoms with van der Waals surface area (Å²) in [6.45, 7) is 0. The summed E-state index contributed by atoms with van der Waals surface area (Å²) in [5, 5.41) is 18.1. The lowest BCUT2D eigenvalue weighted by molar-refractivity contribution is -0.0758. The lowest BCUT2D eigenvalue weighted by Crippen LogP contribution is -2.10. The first-order valence-electron chi connectivity index (χ1n) is 4.10. The Labute approximate surface area is 86.1 Å². The number of aliphatic hydroxyl groups excluding tert-OH is 1. The molecule has 0 heterocycles. The molecular weight excluding hydrogens is 200 g/mol. The number of carboxylic acid groups (broad SMARTS) is 1. The summed E-state index contributed by atoms with van der Waals surface area (Å²) in [7, 11) is 1.29. The van der Waals surface area contributed by atoms with Crippen molar-refractivity contribution in [2.75, 3.05) is 18.6 Å². The molecule has 1 aromatic rings. The molecule has 6 N–H and O–H groups in total. The highest BCUT2D eigenvalue weighted by Crippen LogP contribution is 2.28. The molecule has 0 fully saturated rings. The highest BCUT2D eigenvalue weighted by atomic mass is 16.6. The average molecular weight is 212 g/mol. The minimum atomic E-state index is -1.26. The van der Waals surface area contributed by atoms with Crippen LogP contribution in [0.3, 0.4) is 0 Å². The number of nitrogen functional groups attached to an aromatic ring is 2. The number of benzene rings is 1. The van der Waals surface area contributed by atoms with Crippen molar-refractivity contribution in [1.82, 2.24) is 0 Å². The van der Waals surface area contributed by atoms with Gasteiger partial charge in [-0.15, -0.1) is 0 Å². The second kappa shape index (κ2) is 4.16. The lowest BCUT2D eigenvalue weighted by Gasteiger charge is -2.14. The van der Waals surface area contributed by atoms with Crippen LogP contribution in [-0.2, 0) is 4.74 Å². The molecule has 0 amide bonds. The number of aromatic carboxylic acids is 1. The molecule has 0 saturated carbocycles. The van der Waals surface area contributed by atoms with E-state index in [4.69, 9.17) is 16.6 Å². The average Bonchev–Trinajstić information content (AvgIpc) is 2.16. The molecule has 1 rings (SSSR count). The minimum absolute atomic E-state index is 0.0305. The summed E-state index contributed by atoms with van der Waals surface area (Å²) in [5.41, 5.74) is 11.4. The number of methoxy groups -OCH3 is 1. The number of hydrogen-bond acceptors (Lipinski definition) is 5. The summed E-state index contributed by atoms with van der Waals surface area (Å²) in [6, 6.07) is 2.44. The van der Waals surface area contributed by atoms with Gasteiger partial charge in [0.15, 0.2) is 6.29 Å². The summed E-state index contributed by atoms with van der Waals surface area (Å²) >= 11 is 0. The van der Waals surface area contributed by atoms with Crippen LogP contribution in [0, 0.1) is 0 Å². The summed E-state index contributed by atoms with van der Waals surface area (Å²) in [4.78, 5) is 10.7. The number of carboxylic acids is 1. The number of ether oxygens (including phenoxy) is 1. The fraction of sp³-hybridized carbons (Fsp3) is 0.222. The van der Waals surface area contributed by atoms with E-state index in [0.717, 1.165) is 0 Å². The molecule has 1 atom stereocenters. The molecule has 0 aromatic heterocycles. The van der Waals surface area contributed by atoms with Crippen molar-refractivity contribution in [1.29, 1.82) is 0 Å². The Balaban J connectivity index is 3.27. The molecule has 1 unspecified atom stereocenters. The van der Waals surface area contributed by atoms with Gasteiger partial charge < -0.3 is 26.4 Å². The zero-order chi connectivity index (χ0) is 11.6. The van der Waals surface area contributed by atoms with Crippen LogP contribution >= 0.6 is 0 Å². The van der Waals surface area contributed by atoms with E-state index in [9.17, 15) is 9.90 Å². The maximum absolute atomic E-state index is 10.7. The highest BCUT2D eigenvalue weighted by Gasteiger charge is 2.16. The zero-order valence-corrected chi connectivity index (χ0v) is 8.10. The molecule has 82 valence electrons. The first kappa shape index (κ1) is 11.3. The summed E-state index contributed by atoms with van der Waals surface area (Å²) in [5.74, 6) is -1.13. The van der Waals surface area contributed by atoms with Crippen LogP contribution in [0.15, 0.2) is 12.1 Å². The number of carbonyl (C=O) groups is 1. The van der Waals surface area contributed by atoms with Gasteiger partial charge in [-0.1, -0.05) is 0 Å². The smallest absolute Gasteiger partial charge is 0.335 e. The number of rotatable bonds is 3. The molecule has 0 aliphatic carbocycles. The van der Waals surface area contributed by atoms with Crippen LogP contribution in [0.5, 0.6) is 0 Å². The van der Waals surface area contributed by atoms with E-state index in [2.05, 4.69) is 4.74 Å². The maximum Gasteiger partial charge on any atom is 0.335 e. The fourth-order valence-corrected chi connectivity index (χ4v) is 1.23. The van der Waals surface area contributed by atoms with Crippen molar-refractivity contribution < 1.29 is 19.7 Å². The predicted molar refractivity (Wildman–Crippen MR) is 54.2 cm³/mol. The van der Waals surface area contributed by atoms with Gasteiger partial charge in [-0.25, -0.2) is 4.79 Å². The van der Waals surface area contributed by atoms with Crippen molar-refractivity contribution in [3.8, 4) is 0 Å². The van der Waals surface area contributed by atoms with E-state index in [1.807, 2.05) is 0 Å². The maximum atomic E-state index is 10.7. The topological polar surface area (TPSA) is 119 Å². The molecule has 0 aliphatic rings. The van der Waals surface area contributed by atoms with Gasteiger partial charge in [-0.2, -0.15) is 0 Å². The van der Waals surface area contributed by atoms with Crippen LogP contribution in [0.2, 0.25) is 0 Å². The summed E-state index contributed by atoms with van der Waals surface area (Å²) in [6.07, 6.45) is -1.26. The monoisotopic (exact) mass is 212 g/mol. The van der Waals surface area contributed by atoms with E-state index in [0.29, 0.717) is 0 Å². The molecule has 0 bridgehead atoms. The molecule has 0 aliphatic heterocycles. The van der Waals surface area contributed by atoms with Crippen LogP contribution < -0.4 is 11.5 Å². The van der Waals surface area contributed by atoms with Crippen molar-refractivity contribution in [3.63, 3.8) is 0 Å². The van der Waals surface area contributed by atoms with Crippen LogP contribution in [0.1, 0.15) is 22.2 Å². The second-order valence-electron chi connectivity index (χ2n) is 2.96. The van der Waals surface area contributed by atoms with E-state index in [-0.39, 0.29) is 22.5 Å². The Bertz CT molecular complexity index is 369. The standard InChI is InChI=1S/C9H12N2O4/c1-15-9(14)7-5(10)2-4(8(12)13)3-6(7)11/h2-3,9,14H,10-11H2,1H3,(H,12,13). The van der Waals surface area contributed by atoms with Gasteiger partial charge in [-0.05, 0) is 12.1 Å². The molecule has 6 nitrogen and oxygen atoms in total. The van der Waals surface area contributed by atoms with Crippen molar-refractivity contribution >= 4 is 17.3 Å². The number of aliphatic hydroxyl groups is 1. The number of nitrogens with two attached hydrogens (primary N) is 2.